The molecule has 0 unspecified atom stereocenters. The maximum atomic E-state index is 14.1. The van der Waals surface area contributed by atoms with Gasteiger partial charge in [0.05, 0.1) is 32.2 Å². The van der Waals surface area contributed by atoms with Gasteiger partial charge in [-0.3, -0.25) is 4.79 Å². The van der Waals surface area contributed by atoms with E-state index in [0.717, 1.165) is 0 Å². The van der Waals surface area contributed by atoms with E-state index in [0.29, 0.717) is 33.1 Å². The zero-order chi connectivity index (χ0) is 19.0. The number of hydrogen-bond donors (Lipinski definition) is 2. The Morgan fingerprint density at radius 2 is 1.78 bits per heavy atom. The number of nitrogens with one attached hydrogen (secondary N) is 2. The normalized spacial score (nSPS) is 10.9. The first-order valence-corrected chi connectivity index (χ1v) is 8.78. The Morgan fingerprint density at radius 3 is 2.56 bits per heavy atom. The summed E-state index contributed by atoms with van der Waals surface area (Å²) in [6.45, 7) is 0. The third kappa shape index (κ3) is 3.39. The number of aromatic nitrogens is 2. The lowest BCUT2D eigenvalue weighted by Gasteiger charge is -2.06. The molecule has 0 aliphatic carbocycles. The molecule has 7 heteroatoms. The van der Waals surface area contributed by atoms with Gasteiger partial charge in [-0.15, -0.1) is 0 Å². The van der Waals surface area contributed by atoms with Gasteiger partial charge in [0.1, 0.15) is 11.6 Å². The van der Waals surface area contributed by atoms with Crippen LogP contribution in [0.25, 0.3) is 22.4 Å². The Balaban J connectivity index is 1.67. The van der Waals surface area contributed by atoms with Crippen LogP contribution in [0.15, 0.2) is 60.7 Å². The zero-order valence-corrected chi connectivity index (χ0v) is 15.3. The molecule has 4 aromatic rings. The summed E-state index contributed by atoms with van der Waals surface area (Å²) in [6.07, 6.45) is 0. The highest BCUT2D eigenvalue weighted by Crippen LogP contribution is 2.30. The van der Waals surface area contributed by atoms with Crippen molar-refractivity contribution in [1.82, 2.24) is 9.97 Å². The largest absolute Gasteiger partial charge is 0.338 e. The lowest BCUT2D eigenvalue weighted by Crippen LogP contribution is -2.12. The molecule has 3 aromatic carbocycles. The quantitative estimate of drug-likeness (QED) is 0.448. The van der Waals surface area contributed by atoms with Crippen molar-refractivity contribution in [2.24, 2.45) is 0 Å². The molecule has 2 N–H and O–H groups in total. The fourth-order valence-electron chi connectivity index (χ4n) is 2.77. The van der Waals surface area contributed by atoms with Crippen molar-refractivity contribution in [3.05, 3.63) is 82.1 Å². The lowest BCUT2D eigenvalue weighted by molar-refractivity contribution is 0.102. The molecule has 1 heterocycles. The minimum Gasteiger partial charge on any atom is -0.338 e. The topological polar surface area (TPSA) is 57.8 Å². The molecule has 4 rings (SSSR count). The van der Waals surface area contributed by atoms with Gasteiger partial charge in [-0.1, -0.05) is 41.4 Å². The first-order chi connectivity index (χ1) is 13.0. The molecule has 0 radical (unpaired) electrons. The van der Waals surface area contributed by atoms with Gasteiger partial charge in [-0.25, -0.2) is 9.37 Å². The molecule has 0 atom stereocenters. The maximum Gasteiger partial charge on any atom is 0.257 e. The fourth-order valence-corrected chi connectivity index (χ4v) is 3.25. The van der Waals surface area contributed by atoms with Crippen LogP contribution in [-0.4, -0.2) is 15.9 Å². The standard InChI is InChI=1S/C20H12Cl2FN3O/c21-13-5-2-1-4-12(13)20(27)24-11-8-9-16-17(10-11)26-19(25-16)18-14(22)6-3-7-15(18)23/h1-10H,(H,24,27)(H,25,26). The summed E-state index contributed by atoms with van der Waals surface area (Å²) < 4.78 is 14.1. The van der Waals surface area contributed by atoms with E-state index < -0.39 is 5.82 Å². The number of rotatable bonds is 3. The average molecular weight is 400 g/mol. The number of amides is 1. The summed E-state index contributed by atoms with van der Waals surface area (Å²) in [7, 11) is 0. The third-order valence-electron chi connectivity index (χ3n) is 4.06. The van der Waals surface area contributed by atoms with Gasteiger partial charge in [0.25, 0.3) is 5.91 Å². The van der Waals surface area contributed by atoms with Gasteiger partial charge in [-0.2, -0.15) is 0 Å². The zero-order valence-electron chi connectivity index (χ0n) is 13.8. The highest BCUT2D eigenvalue weighted by atomic mass is 35.5. The highest BCUT2D eigenvalue weighted by molar-refractivity contribution is 6.34. The monoisotopic (exact) mass is 399 g/mol. The first kappa shape index (κ1) is 17.5. The second kappa shape index (κ2) is 7.02. The van der Waals surface area contributed by atoms with Crippen molar-refractivity contribution in [3.63, 3.8) is 0 Å². The molecule has 27 heavy (non-hydrogen) atoms. The van der Waals surface area contributed by atoms with Crippen molar-refractivity contribution in [2.45, 2.75) is 0 Å². The van der Waals surface area contributed by atoms with E-state index in [1.165, 1.54) is 12.1 Å². The number of halogens is 3. The summed E-state index contributed by atoms with van der Waals surface area (Å²) in [5, 5.41) is 3.43. The number of anilines is 1. The Hall–Kier alpha value is -2.89. The SMILES string of the molecule is O=C(Nc1ccc2nc(-c3c(F)cccc3Cl)[nH]c2c1)c1ccccc1Cl. The van der Waals surface area contributed by atoms with Gasteiger partial charge in [-0.05, 0) is 42.5 Å². The van der Waals surface area contributed by atoms with Crippen LogP contribution in [0.3, 0.4) is 0 Å². The predicted octanol–water partition coefficient (Wildman–Crippen LogP) is 5.93. The van der Waals surface area contributed by atoms with E-state index in [9.17, 15) is 9.18 Å². The molecule has 1 aromatic heterocycles. The molecule has 1 amide bonds. The number of hydrogen-bond acceptors (Lipinski definition) is 2. The van der Waals surface area contributed by atoms with Gasteiger partial charge in [0.15, 0.2) is 0 Å². The van der Waals surface area contributed by atoms with Crippen LogP contribution in [-0.2, 0) is 0 Å². The number of carbonyl (C=O) groups is 1. The molecule has 0 saturated carbocycles. The number of imidazole rings is 1. The second-order valence-electron chi connectivity index (χ2n) is 5.85. The summed E-state index contributed by atoms with van der Waals surface area (Å²) in [5.74, 6) is -0.465. The molecular formula is C20H12Cl2FN3O. The van der Waals surface area contributed by atoms with Crippen molar-refractivity contribution >= 4 is 45.8 Å². The summed E-state index contributed by atoms with van der Waals surface area (Å²) in [6, 6.07) is 16.4. The molecule has 0 aliphatic rings. The minimum absolute atomic E-state index is 0.206. The van der Waals surface area contributed by atoms with Gasteiger partial charge in [0.2, 0.25) is 0 Å². The number of carbonyl (C=O) groups excluding carboxylic acids is 1. The summed E-state index contributed by atoms with van der Waals surface area (Å²) >= 11 is 12.2. The number of H-pyrrole nitrogens is 1. The Bertz CT molecular complexity index is 1150. The average Bonchev–Trinajstić information content (AvgIpc) is 3.04. The van der Waals surface area contributed by atoms with Crippen molar-refractivity contribution in [2.75, 3.05) is 5.32 Å². The predicted molar refractivity (Wildman–Crippen MR) is 106 cm³/mol. The molecule has 0 saturated heterocycles. The lowest BCUT2D eigenvalue weighted by atomic mass is 10.2. The Morgan fingerprint density at radius 1 is 1.00 bits per heavy atom. The van der Waals surface area contributed by atoms with E-state index >= 15 is 0 Å². The fraction of sp³-hybridized carbons (Fsp3) is 0. The van der Waals surface area contributed by atoms with Crippen LogP contribution in [0, 0.1) is 5.82 Å². The highest BCUT2D eigenvalue weighted by Gasteiger charge is 2.15. The van der Waals surface area contributed by atoms with Crippen LogP contribution in [0.2, 0.25) is 10.0 Å². The number of benzene rings is 3. The maximum absolute atomic E-state index is 14.1. The van der Waals surface area contributed by atoms with Crippen LogP contribution < -0.4 is 5.32 Å². The van der Waals surface area contributed by atoms with Gasteiger partial charge < -0.3 is 10.3 Å². The molecule has 0 aliphatic heterocycles. The number of fused-ring (bicyclic) bond motifs is 1. The molecule has 0 bridgehead atoms. The first-order valence-electron chi connectivity index (χ1n) is 8.03. The van der Waals surface area contributed by atoms with Gasteiger partial charge >= 0.3 is 0 Å². The van der Waals surface area contributed by atoms with E-state index in [1.807, 2.05) is 0 Å². The molecule has 134 valence electrons. The van der Waals surface area contributed by atoms with E-state index in [2.05, 4.69) is 15.3 Å². The third-order valence-corrected chi connectivity index (χ3v) is 4.70. The van der Waals surface area contributed by atoms with Crippen LogP contribution in [0.5, 0.6) is 0 Å². The number of nitrogens with zero attached hydrogens (tertiary/aromatic N) is 1. The molecule has 0 spiro atoms. The van der Waals surface area contributed by atoms with Gasteiger partial charge in [0, 0.05) is 5.69 Å². The van der Waals surface area contributed by atoms with Crippen LogP contribution in [0.4, 0.5) is 10.1 Å². The summed E-state index contributed by atoms with van der Waals surface area (Å²) in [5.41, 5.74) is 2.41. The second-order valence-corrected chi connectivity index (χ2v) is 6.66. The van der Waals surface area contributed by atoms with Crippen molar-refractivity contribution in [3.8, 4) is 11.4 Å². The summed E-state index contributed by atoms with van der Waals surface area (Å²) in [4.78, 5) is 19.8. The van der Waals surface area contributed by atoms with Crippen LogP contribution >= 0.6 is 23.2 Å². The van der Waals surface area contributed by atoms with Crippen molar-refractivity contribution < 1.29 is 9.18 Å². The van der Waals surface area contributed by atoms with E-state index in [1.54, 1.807) is 48.5 Å². The Kier molecular flexibility index (Phi) is 4.56. The van der Waals surface area contributed by atoms with Crippen LogP contribution in [0.1, 0.15) is 10.4 Å². The molecular weight excluding hydrogens is 388 g/mol. The Labute approximate surface area is 164 Å². The smallest absolute Gasteiger partial charge is 0.257 e. The number of aromatic amines is 1. The van der Waals surface area contributed by atoms with E-state index in [4.69, 9.17) is 23.2 Å². The van der Waals surface area contributed by atoms with Crippen molar-refractivity contribution in [1.29, 1.82) is 0 Å². The molecule has 0 fully saturated rings. The molecule has 4 nitrogen and oxygen atoms in total. The minimum atomic E-state index is -0.464. The van der Waals surface area contributed by atoms with E-state index in [-0.39, 0.29) is 16.5 Å².